The molecule has 0 amide bonds. The molecule has 11 nitrogen and oxygen atoms in total. The van der Waals surface area contributed by atoms with Gasteiger partial charge >= 0.3 is 10.1 Å². The van der Waals surface area contributed by atoms with Crippen molar-refractivity contribution in [2.45, 2.75) is 36.5 Å². The zero-order chi connectivity index (χ0) is 34.6. The summed E-state index contributed by atoms with van der Waals surface area (Å²) in [5.41, 5.74) is 1.75. The zero-order valence-corrected chi connectivity index (χ0v) is 33.7. The summed E-state index contributed by atoms with van der Waals surface area (Å²) in [5.74, 6) is -1.32. The Morgan fingerprint density at radius 3 is 2.04 bits per heavy atom. The molecule has 2 heterocycles. The number of allylic oxidation sites excluding steroid dienone is 8. The smallest absolute Gasteiger partial charge is 0.326 e. The van der Waals surface area contributed by atoms with Crippen LogP contribution < -0.4 is 4.90 Å². The Kier molecular flexibility index (Phi) is 10.8. The van der Waals surface area contributed by atoms with Crippen LogP contribution in [-0.4, -0.2) is 67.9 Å². The summed E-state index contributed by atoms with van der Waals surface area (Å²) in [6.07, 6.45) is 12.0. The molecule has 1 atom stereocenters. The van der Waals surface area contributed by atoms with Crippen molar-refractivity contribution in [2.24, 2.45) is 0 Å². The maximum Gasteiger partial charge on any atom is 0.326 e. The van der Waals surface area contributed by atoms with Gasteiger partial charge in [0.25, 0.3) is 26.1 Å². The summed E-state index contributed by atoms with van der Waals surface area (Å²) in [7, 11) is -11.7. The van der Waals surface area contributed by atoms with Gasteiger partial charge in [-0.1, -0.05) is 30.4 Å². The Morgan fingerprint density at radius 1 is 0.848 bits per heavy atom. The summed E-state index contributed by atoms with van der Waals surface area (Å²) in [4.78, 5) is 1.29. The van der Waals surface area contributed by atoms with E-state index in [1.54, 1.807) is 66.0 Å². The van der Waals surface area contributed by atoms with Crippen LogP contribution in [0.25, 0.3) is 0 Å². The molecule has 1 unspecified atom stereocenters. The second-order valence-corrected chi connectivity index (χ2v) is 19.1. The average Bonchev–Trinajstić information content (AvgIpc) is 3.22. The molecule has 0 spiro atoms. The van der Waals surface area contributed by atoms with Crippen molar-refractivity contribution in [1.82, 2.24) is 0 Å². The van der Waals surface area contributed by atoms with Gasteiger partial charge in [0, 0.05) is 41.3 Å². The molecule has 17 heteroatoms. The van der Waals surface area contributed by atoms with E-state index in [4.69, 9.17) is 0 Å². The molecule has 248 valence electrons. The molecule has 0 radical (unpaired) electrons. The fraction of sp³-hybridized carbons (Fsp3) is 0.276. The monoisotopic (exact) mass is 1030 g/mol. The second-order valence-electron chi connectivity index (χ2n) is 11.5. The first-order valence-electron chi connectivity index (χ1n) is 13.3. The van der Waals surface area contributed by atoms with E-state index in [2.05, 4.69) is 67.8 Å². The third-order valence-electron chi connectivity index (χ3n) is 7.85. The SMILES string of the molecule is CN1\C(=C/C=C/C=C/C=C/C2=[N+](CS(=O)(=O)O)c3cc(I)c(I)c(I)c3C2(C)C)C(C)(CS(=O)(=O)O)c2cc(S(=O)(=O)O)ccc21. The lowest BCUT2D eigenvalue weighted by Crippen LogP contribution is -2.33. The van der Waals surface area contributed by atoms with Gasteiger partial charge in [-0.05, 0) is 118 Å². The number of anilines is 1. The van der Waals surface area contributed by atoms with Crippen molar-refractivity contribution in [3.05, 3.63) is 94.3 Å². The minimum absolute atomic E-state index is 0.312. The highest BCUT2D eigenvalue weighted by Gasteiger charge is 2.48. The maximum absolute atomic E-state index is 12.0. The van der Waals surface area contributed by atoms with Crippen LogP contribution in [0.5, 0.6) is 0 Å². The van der Waals surface area contributed by atoms with Crippen LogP contribution in [0.15, 0.2) is 77.4 Å². The number of benzene rings is 2. The fourth-order valence-corrected chi connectivity index (χ4v) is 10.8. The standard InChI is InChI=1S/C29H29I3N2O9S3/c1-28(2)23(34(17-45(38,39)40)22-15-20(30)26(31)27(32)25(22)28)10-8-6-5-7-9-11-24-29(3,16-44(35,36)37)19-14-18(46(41,42)43)12-13-21(19)33(24)4/h5-15H,16-17H2,1-4H3,(H2-,35,36,37,38,39,40,41,42,43)/p+1. The van der Waals surface area contributed by atoms with Gasteiger partial charge in [-0.3, -0.25) is 13.7 Å². The van der Waals surface area contributed by atoms with Crippen molar-refractivity contribution in [3.8, 4) is 0 Å². The highest BCUT2D eigenvalue weighted by molar-refractivity contribution is 14.1. The van der Waals surface area contributed by atoms with E-state index in [0.717, 1.165) is 16.3 Å². The fourth-order valence-electron chi connectivity index (χ4n) is 5.93. The first kappa shape index (κ1) is 37.6. The molecule has 0 saturated carbocycles. The van der Waals surface area contributed by atoms with E-state index in [0.29, 0.717) is 28.3 Å². The highest BCUT2D eigenvalue weighted by Crippen LogP contribution is 2.49. The lowest BCUT2D eigenvalue weighted by molar-refractivity contribution is -0.416. The molecule has 3 N–H and O–H groups in total. The molecule has 2 aromatic carbocycles. The molecule has 0 aliphatic carbocycles. The van der Waals surface area contributed by atoms with Crippen LogP contribution in [0.1, 0.15) is 31.9 Å². The summed E-state index contributed by atoms with van der Waals surface area (Å²) in [6, 6.07) is 5.80. The number of nitrogens with zero attached hydrogens (tertiary/aromatic N) is 2. The molecular weight excluding hydrogens is 997 g/mol. The van der Waals surface area contributed by atoms with Gasteiger partial charge in [-0.2, -0.15) is 29.8 Å². The Balaban J connectivity index is 1.67. The number of hydrogen-bond donors (Lipinski definition) is 3. The van der Waals surface area contributed by atoms with E-state index >= 15 is 0 Å². The first-order valence-corrected chi connectivity index (χ1v) is 21.2. The molecule has 2 aliphatic heterocycles. The van der Waals surface area contributed by atoms with Crippen LogP contribution in [0, 0.1) is 10.7 Å². The quantitative estimate of drug-likeness (QED) is 0.0916. The van der Waals surface area contributed by atoms with Crippen LogP contribution >= 0.6 is 67.8 Å². The normalized spacial score (nSPS) is 21.0. The third kappa shape index (κ3) is 7.66. The minimum Gasteiger partial charge on any atom is -0.347 e. The molecule has 0 aromatic heterocycles. The Bertz CT molecular complexity index is 2120. The first-order chi connectivity index (χ1) is 21.0. The van der Waals surface area contributed by atoms with Crippen LogP contribution in [0.2, 0.25) is 0 Å². The Morgan fingerprint density at radius 2 is 1.46 bits per heavy atom. The van der Waals surface area contributed by atoms with Gasteiger partial charge in [0.15, 0.2) is 5.71 Å². The number of likely N-dealkylation sites (N-methyl/N-ethyl adjacent to an activating group) is 1. The van der Waals surface area contributed by atoms with Gasteiger partial charge in [-0.15, -0.1) is 0 Å². The van der Waals surface area contributed by atoms with E-state index in [-0.39, 0.29) is 0 Å². The van der Waals surface area contributed by atoms with E-state index in [1.165, 1.54) is 18.2 Å². The lowest BCUT2D eigenvalue weighted by atomic mass is 9.81. The van der Waals surface area contributed by atoms with Crippen molar-refractivity contribution in [3.63, 3.8) is 0 Å². The van der Waals surface area contributed by atoms with Gasteiger partial charge in [0.1, 0.15) is 0 Å². The zero-order valence-electron chi connectivity index (χ0n) is 24.8. The number of halogens is 3. The number of rotatable bonds is 9. The Hall–Kier alpha value is -1.21. The van der Waals surface area contributed by atoms with Crippen molar-refractivity contribution < 1.29 is 43.5 Å². The van der Waals surface area contributed by atoms with Gasteiger partial charge in [0.2, 0.25) is 5.69 Å². The predicted molar refractivity (Wildman–Crippen MR) is 203 cm³/mol. The summed E-state index contributed by atoms with van der Waals surface area (Å²) in [5, 5.41) is 0. The number of fused-ring (bicyclic) bond motifs is 2. The molecule has 0 fully saturated rings. The Labute approximate surface area is 309 Å². The average molecular weight is 1030 g/mol. The molecule has 2 aromatic rings. The van der Waals surface area contributed by atoms with Crippen LogP contribution in [0.3, 0.4) is 0 Å². The van der Waals surface area contributed by atoms with Crippen LogP contribution in [-0.2, 0) is 41.2 Å². The molecule has 2 aliphatic rings. The molecule has 0 bridgehead atoms. The largest absolute Gasteiger partial charge is 0.347 e. The van der Waals surface area contributed by atoms with Gasteiger partial charge in [0.05, 0.1) is 27.0 Å². The molecule has 46 heavy (non-hydrogen) atoms. The highest BCUT2D eigenvalue weighted by atomic mass is 127. The van der Waals surface area contributed by atoms with Crippen molar-refractivity contribution >= 4 is 115 Å². The summed E-state index contributed by atoms with van der Waals surface area (Å²) in [6.45, 7) is 5.55. The molecular formula is C29H30I3N2O9S3+. The molecule has 4 rings (SSSR count). The van der Waals surface area contributed by atoms with Crippen molar-refractivity contribution in [2.75, 3.05) is 23.6 Å². The minimum atomic E-state index is -4.56. The van der Waals surface area contributed by atoms with Crippen molar-refractivity contribution in [1.29, 1.82) is 0 Å². The topological polar surface area (TPSA) is 169 Å². The third-order valence-corrected chi connectivity index (χ3v) is 15.3. The van der Waals surface area contributed by atoms with Gasteiger partial charge in [-0.25, -0.2) is 0 Å². The van der Waals surface area contributed by atoms with E-state index in [9.17, 15) is 38.9 Å². The van der Waals surface area contributed by atoms with Gasteiger partial charge < -0.3 is 4.90 Å². The summed E-state index contributed by atoms with van der Waals surface area (Å²) >= 11 is 6.73. The number of hydrogen-bond acceptors (Lipinski definition) is 7. The maximum atomic E-state index is 12.0. The van der Waals surface area contributed by atoms with E-state index in [1.807, 2.05) is 19.9 Å². The second kappa shape index (κ2) is 13.2. The molecule has 0 saturated heterocycles. The van der Waals surface area contributed by atoms with Crippen LogP contribution in [0.4, 0.5) is 11.4 Å². The van der Waals surface area contributed by atoms with E-state index < -0.39 is 57.7 Å². The summed E-state index contributed by atoms with van der Waals surface area (Å²) < 4.78 is 105. The predicted octanol–water partition coefficient (Wildman–Crippen LogP) is 5.82. The lowest BCUT2D eigenvalue weighted by Gasteiger charge is -2.27.